The number of rotatable bonds is 3. The Morgan fingerprint density at radius 2 is 2.43 bits per heavy atom. The van der Waals surface area contributed by atoms with Gasteiger partial charge < -0.3 is 10.3 Å². The van der Waals surface area contributed by atoms with Gasteiger partial charge in [-0.25, -0.2) is 4.98 Å². The second-order valence-corrected chi connectivity index (χ2v) is 3.02. The first-order valence-electron chi connectivity index (χ1n) is 4.40. The van der Waals surface area contributed by atoms with Gasteiger partial charge in [0, 0.05) is 6.54 Å². The Labute approximate surface area is 81.6 Å². The summed E-state index contributed by atoms with van der Waals surface area (Å²) in [6.45, 7) is 1.09. The first kappa shape index (κ1) is 8.73. The normalized spacial score (nSPS) is 10.2. The highest BCUT2D eigenvalue weighted by Crippen LogP contribution is 2.10. The standard InChI is InChI=1S/C10H10N4/c11-3-4-12-6-8-1-2-9-10(5-8)14-7-13-9/h1-2,5,7,12H,4,6H2,(H,13,14). The number of nitriles is 1. The third-order valence-electron chi connectivity index (χ3n) is 2.02. The number of benzene rings is 1. The number of hydrogen-bond donors (Lipinski definition) is 2. The second-order valence-electron chi connectivity index (χ2n) is 3.02. The van der Waals surface area contributed by atoms with Gasteiger partial charge >= 0.3 is 0 Å². The van der Waals surface area contributed by atoms with E-state index in [2.05, 4.69) is 15.3 Å². The summed E-state index contributed by atoms with van der Waals surface area (Å²) in [4.78, 5) is 7.17. The number of hydrogen-bond acceptors (Lipinski definition) is 3. The maximum Gasteiger partial charge on any atom is 0.0931 e. The summed E-state index contributed by atoms with van der Waals surface area (Å²) in [5.74, 6) is 0. The van der Waals surface area contributed by atoms with Crippen molar-refractivity contribution in [2.24, 2.45) is 0 Å². The van der Waals surface area contributed by atoms with E-state index >= 15 is 0 Å². The molecule has 0 aliphatic rings. The lowest BCUT2D eigenvalue weighted by Gasteiger charge is -2.00. The molecule has 1 aromatic carbocycles. The molecule has 70 valence electrons. The van der Waals surface area contributed by atoms with Crippen LogP contribution in [-0.4, -0.2) is 16.5 Å². The van der Waals surface area contributed by atoms with Crippen molar-refractivity contribution in [3.63, 3.8) is 0 Å². The molecule has 0 saturated heterocycles. The Kier molecular flexibility index (Phi) is 2.43. The Morgan fingerprint density at radius 1 is 1.50 bits per heavy atom. The predicted molar refractivity (Wildman–Crippen MR) is 53.4 cm³/mol. The minimum atomic E-state index is 0.376. The lowest BCUT2D eigenvalue weighted by molar-refractivity contribution is 0.766. The molecule has 4 nitrogen and oxygen atoms in total. The molecule has 2 N–H and O–H groups in total. The molecule has 0 bridgehead atoms. The van der Waals surface area contributed by atoms with Crippen LogP contribution in [0.4, 0.5) is 0 Å². The summed E-state index contributed by atoms with van der Waals surface area (Å²) < 4.78 is 0. The van der Waals surface area contributed by atoms with Crippen molar-refractivity contribution in [2.45, 2.75) is 6.54 Å². The predicted octanol–water partition coefficient (Wildman–Crippen LogP) is 1.18. The Balaban J connectivity index is 2.14. The van der Waals surface area contributed by atoms with Crippen molar-refractivity contribution in [3.05, 3.63) is 30.1 Å². The van der Waals surface area contributed by atoms with Crippen LogP contribution >= 0.6 is 0 Å². The topological polar surface area (TPSA) is 64.5 Å². The number of H-pyrrole nitrogens is 1. The van der Waals surface area contributed by atoms with E-state index in [9.17, 15) is 0 Å². The first-order chi connectivity index (χ1) is 6.90. The minimum absolute atomic E-state index is 0.376. The molecule has 2 rings (SSSR count). The number of nitrogens with one attached hydrogen (secondary N) is 2. The zero-order valence-corrected chi connectivity index (χ0v) is 7.62. The lowest BCUT2D eigenvalue weighted by Crippen LogP contribution is -2.12. The quantitative estimate of drug-likeness (QED) is 0.558. The molecule has 0 unspecified atom stereocenters. The molecule has 0 amide bonds. The molecule has 0 spiro atoms. The van der Waals surface area contributed by atoms with Gasteiger partial charge in [-0.3, -0.25) is 0 Å². The van der Waals surface area contributed by atoms with E-state index in [4.69, 9.17) is 5.26 Å². The largest absolute Gasteiger partial charge is 0.345 e. The highest BCUT2D eigenvalue weighted by atomic mass is 14.9. The molecule has 14 heavy (non-hydrogen) atoms. The SMILES string of the molecule is N#CCNCc1ccc2nc[nH]c2c1. The van der Waals surface area contributed by atoms with Crippen molar-refractivity contribution in [1.29, 1.82) is 5.26 Å². The van der Waals surface area contributed by atoms with Crippen LogP contribution in [0.2, 0.25) is 0 Å². The number of imidazole rings is 1. The van der Waals surface area contributed by atoms with Crippen LogP contribution in [-0.2, 0) is 6.54 Å². The Bertz CT molecular complexity index is 466. The third kappa shape index (κ3) is 1.73. The van der Waals surface area contributed by atoms with Gasteiger partial charge in [0.15, 0.2) is 0 Å². The molecule has 0 atom stereocenters. The summed E-state index contributed by atoms with van der Waals surface area (Å²) in [6, 6.07) is 8.05. The number of nitrogens with zero attached hydrogens (tertiary/aromatic N) is 2. The number of fused-ring (bicyclic) bond motifs is 1. The van der Waals surface area contributed by atoms with Gasteiger partial charge in [-0.2, -0.15) is 5.26 Å². The van der Waals surface area contributed by atoms with Gasteiger partial charge in [-0.05, 0) is 17.7 Å². The van der Waals surface area contributed by atoms with Crippen molar-refractivity contribution in [3.8, 4) is 6.07 Å². The molecule has 0 fully saturated rings. The van der Waals surface area contributed by atoms with E-state index in [0.717, 1.165) is 16.6 Å². The molecule has 1 aromatic heterocycles. The van der Waals surface area contributed by atoms with E-state index in [0.29, 0.717) is 13.1 Å². The zero-order valence-electron chi connectivity index (χ0n) is 7.62. The third-order valence-corrected chi connectivity index (χ3v) is 2.02. The molecule has 0 aliphatic heterocycles. The first-order valence-corrected chi connectivity index (χ1v) is 4.40. The number of aromatic nitrogens is 2. The van der Waals surface area contributed by atoms with Crippen molar-refractivity contribution in [1.82, 2.24) is 15.3 Å². The fourth-order valence-corrected chi connectivity index (χ4v) is 1.36. The average Bonchev–Trinajstić information content (AvgIpc) is 2.65. The monoisotopic (exact) mass is 186 g/mol. The fourth-order valence-electron chi connectivity index (χ4n) is 1.36. The molecule has 0 radical (unpaired) electrons. The van der Waals surface area contributed by atoms with E-state index < -0.39 is 0 Å². The van der Waals surface area contributed by atoms with Crippen LogP contribution in [0.3, 0.4) is 0 Å². The Morgan fingerprint density at radius 3 is 3.29 bits per heavy atom. The fraction of sp³-hybridized carbons (Fsp3) is 0.200. The van der Waals surface area contributed by atoms with Crippen LogP contribution in [0.5, 0.6) is 0 Å². The molecular formula is C10H10N4. The molecule has 4 heteroatoms. The Hall–Kier alpha value is -1.86. The van der Waals surface area contributed by atoms with Gasteiger partial charge in [-0.15, -0.1) is 0 Å². The van der Waals surface area contributed by atoms with Gasteiger partial charge in [0.25, 0.3) is 0 Å². The van der Waals surface area contributed by atoms with E-state index in [-0.39, 0.29) is 0 Å². The highest BCUT2D eigenvalue weighted by molar-refractivity contribution is 5.74. The minimum Gasteiger partial charge on any atom is -0.345 e. The van der Waals surface area contributed by atoms with Crippen molar-refractivity contribution in [2.75, 3.05) is 6.54 Å². The van der Waals surface area contributed by atoms with Crippen molar-refractivity contribution >= 4 is 11.0 Å². The number of aromatic amines is 1. The van der Waals surface area contributed by atoms with Crippen LogP contribution in [0, 0.1) is 11.3 Å². The van der Waals surface area contributed by atoms with Crippen LogP contribution in [0.25, 0.3) is 11.0 Å². The summed E-state index contributed by atoms with van der Waals surface area (Å²) in [7, 11) is 0. The molecular weight excluding hydrogens is 176 g/mol. The summed E-state index contributed by atoms with van der Waals surface area (Å²) >= 11 is 0. The van der Waals surface area contributed by atoms with Gasteiger partial charge in [-0.1, -0.05) is 6.07 Å². The molecule has 1 heterocycles. The summed E-state index contributed by atoms with van der Waals surface area (Å²) in [5, 5.41) is 11.4. The van der Waals surface area contributed by atoms with Gasteiger partial charge in [0.2, 0.25) is 0 Å². The maximum atomic E-state index is 8.35. The molecule has 0 aliphatic carbocycles. The smallest absolute Gasteiger partial charge is 0.0931 e. The van der Waals surface area contributed by atoms with Crippen molar-refractivity contribution < 1.29 is 0 Å². The van der Waals surface area contributed by atoms with E-state index in [1.165, 1.54) is 0 Å². The van der Waals surface area contributed by atoms with Crippen LogP contribution < -0.4 is 5.32 Å². The lowest BCUT2D eigenvalue weighted by atomic mass is 10.2. The van der Waals surface area contributed by atoms with E-state index in [1.54, 1.807) is 6.33 Å². The molecule has 2 aromatic rings. The van der Waals surface area contributed by atoms with E-state index in [1.807, 2.05) is 24.3 Å². The van der Waals surface area contributed by atoms with Gasteiger partial charge in [0.1, 0.15) is 0 Å². The average molecular weight is 186 g/mol. The maximum absolute atomic E-state index is 8.35. The summed E-state index contributed by atoms with van der Waals surface area (Å²) in [5.41, 5.74) is 3.15. The second kappa shape index (κ2) is 3.90. The highest BCUT2D eigenvalue weighted by Gasteiger charge is 1.97. The van der Waals surface area contributed by atoms with Crippen LogP contribution in [0.15, 0.2) is 24.5 Å². The zero-order chi connectivity index (χ0) is 9.80. The van der Waals surface area contributed by atoms with Gasteiger partial charge in [0.05, 0.1) is 30.0 Å². The summed E-state index contributed by atoms with van der Waals surface area (Å²) in [6.07, 6.45) is 1.68. The molecule has 0 saturated carbocycles. The van der Waals surface area contributed by atoms with Crippen LogP contribution in [0.1, 0.15) is 5.56 Å².